The Morgan fingerprint density at radius 2 is 1.76 bits per heavy atom. The molecule has 0 saturated heterocycles. The maximum absolute atomic E-state index is 10.9. The lowest BCUT2D eigenvalue weighted by Crippen LogP contribution is -1.81. The molecule has 0 aliphatic rings. The Bertz CT molecular complexity index is 396. The van der Waals surface area contributed by atoms with Gasteiger partial charge in [0.2, 0.25) is 0 Å². The van der Waals surface area contributed by atoms with E-state index in [-0.39, 0.29) is 0 Å². The molecule has 17 heavy (non-hydrogen) atoms. The van der Waals surface area contributed by atoms with Gasteiger partial charge in [-0.05, 0) is 29.7 Å². The van der Waals surface area contributed by atoms with E-state index in [1.807, 2.05) is 25.1 Å². The summed E-state index contributed by atoms with van der Waals surface area (Å²) in [5.74, 6) is 0.676. The van der Waals surface area contributed by atoms with Gasteiger partial charge in [-0.2, -0.15) is 0 Å². The fourth-order valence-electron chi connectivity index (χ4n) is 0.917. The van der Waals surface area contributed by atoms with Gasteiger partial charge >= 0.3 is 8.03 Å². The summed E-state index contributed by atoms with van der Waals surface area (Å²) in [5, 5.41) is 0. The lowest BCUT2D eigenvalue weighted by Gasteiger charge is -1.89. The summed E-state index contributed by atoms with van der Waals surface area (Å²) in [5.41, 5.74) is 0. The third-order valence-corrected chi connectivity index (χ3v) is 2.62. The molecular formula is C12H14N2O2P+. The summed E-state index contributed by atoms with van der Waals surface area (Å²) in [6.07, 6.45) is 5.43. The Morgan fingerprint density at radius 3 is 2.18 bits per heavy atom. The average molecular weight is 249 g/mol. The summed E-state index contributed by atoms with van der Waals surface area (Å²) >= 11 is 0. The molecule has 1 atom stereocenters. The Labute approximate surface area is 102 Å². The largest absolute Gasteiger partial charge is 0.555 e. The van der Waals surface area contributed by atoms with Crippen LogP contribution in [0.2, 0.25) is 0 Å². The minimum atomic E-state index is -1.50. The van der Waals surface area contributed by atoms with Crippen molar-refractivity contribution in [3.63, 3.8) is 0 Å². The molecule has 0 bridgehead atoms. The van der Waals surface area contributed by atoms with Crippen LogP contribution in [-0.4, -0.2) is 16.1 Å². The van der Waals surface area contributed by atoms with Crippen LogP contribution >= 0.6 is 8.03 Å². The van der Waals surface area contributed by atoms with E-state index in [2.05, 4.69) is 9.97 Å². The van der Waals surface area contributed by atoms with Gasteiger partial charge < -0.3 is 0 Å². The van der Waals surface area contributed by atoms with Gasteiger partial charge in [-0.15, -0.1) is 0 Å². The number of rotatable bonds is 3. The number of aromatic nitrogens is 2. The molecule has 88 valence electrons. The lowest BCUT2D eigenvalue weighted by molar-refractivity contribution is 0.506. The van der Waals surface area contributed by atoms with E-state index in [1.165, 1.54) is 6.33 Å². The Morgan fingerprint density at radius 1 is 1.12 bits per heavy atom. The molecule has 1 aromatic heterocycles. The van der Waals surface area contributed by atoms with Crippen molar-refractivity contribution < 1.29 is 9.09 Å². The van der Waals surface area contributed by atoms with Crippen LogP contribution in [0.15, 0.2) is 55.1 Å². The molecule has 0 fully saturated rings. The molecule has 1 aromatic carbocycles. The second-order valence-electron chi connectivity index (χ2n) is 2.96. The molecule has 2 rings (SSSR count). The first-order chi connectivity index (χ1) is 8.33. The molecule has 0 aliphatic heterocycles. The molecule has 4 nitrogen and oxygen atoms in total. The van der Waals surface area contributed by atoms with Gasteiger partial charge in [0.25, 0.3) is 0 Å². The van der Waals surface area contributed by atoms with Crippen LogP contribution in [0.1, 0.15) is 6.92 Å². The first kappa shape index (κ1) is 13.3. The van der Waals surface area contributed by atoms with E-state index < -0.39 is 8.03 Å². The van der Waals surface area contributed by atoms with Crippen molar-refractivity contribution in [2.24, 2.45) is 0 Å². The van der Waals surface area contributed by atoms with Gasteiger partial charge in [0.05, 0.1) is 0 Å². The first-order valence-corrected chi connectivity index (χ1v) is 6.57. The third-order valence-electron chi connectivity index (χ3n) is 1.69. The van der Waals surface area contributed by atoms with Crippen LogP contribution in [0.25, 0.3) is 0 Å². The van der Waals surface area contributed by atoms with E-state index >= 15 is 0 Å². The lowest BCUT2D eigenvalue weighted by atomic mass is 10.3. The van der Waals surface area contributed by atoms with Gasteiger partial charge in [0.15, 0.2) is 11.9 Å². The van der Waals surface area contributed by atoms with Gasteiger partial charge in [-0.3, -0.25) is 4.52 Å². The van der Waals surface area contributed by atoms with Crippen molar-refractivity contribution in [2.45, 2.75) is 6.92 Å². The number of para-hydroxylation sites is 1. The predicted octanol–water partition coefficient (Wildman–Crippen LogP) is 3.30. The molecule has 1 heterocycles. The van der Waals surface area contributed by atoms with Crippen LogP contribution in [-0.2, 0) is 4.57 Å². The second kappa shape index (κ2) is 8.36. The first-order valence-electron chi connectivity index (χ1n) is 5.20. The van der Waals surface area contributed by atoms with Crippen molar-refractivity contribution >= 4 is 8.03 Å². The predicted molar refractivity (Wildman–Crippen MR) is 67.2 cm³/mol. The normalized spacial score (nSPS) is 9.82. The zero-order valence-electron chi connectivity index (χ0n) is 9.56. The molecule has 0 spiro atoms. The Hall–Kier alpha value is -1.80. The number of hydrogen-bond acceptors (Lipinski definition) is 4. The number of benzene rings is 1. The van der Waals surface area contributed by atoms with Crippen LogP contribution in [0.3, 0.4) is 0 Å². The highest BCUT2D eigenvalue weighted by Crippen LogP contribution is 2.25. The van der Waals surface area contributed by atoms with E-state index in [9.17, 15) is 4.57 Å². The van der Waals surface area contributed by atoms with E-state index in [0.717, 1.165) is 0 Å². The van der Waals surface area contributed by atoms with E-state index in [4.69, 9.17) is 4.52 Å². The van der Waals surface area contributed by atoms with Gasteiger partial charge in [0.1, 0.15) is 6.33 Å². The topological polar surface area (TPSA) is 52.1 Å². The quantitative estimate of drug-likeness (QED) is 0.783. The zero-order chi connectivity index (χ0) is 12.3. The average Bonchev–Trinajstić information content (AvgIpc) is 2.42. The van der Waals surface area contributed by atoms with Gasteiger partial charge in [0, 0.05) is 12.4 Å². The van der Waals surface area contributed by atoms with E-state index in [0.29, 0.717) is 11.9 Å². The van der Waals surface area contributed by atoms with Crippen molar-refractivity contribution in [3.8, 4) is 5.75 Å². The summed E-state index contributed by atoms with van der Waals surface area (Å²) < 4.78 is 16.0. The highest BCUT2D eigenvalue weighted by Gasteiger charge is 2.13. The standard InChI is InChI=1S/C8H10O2P.C4H4N2/c1-2-11(9)10-8-6-4-3-5-7-8;1-2-5-4-6-3-1/h3-7H,2H2,1H3;1-4H/q+1;. The molecule has 0 saturated carbocycles. The molecule has 0 N–H and O–H groups in total. The Kier molecular flexibility index (Phi) is 6.53. The maximum atomic E-state index is 10.9. The van der Waals surface area contributed by atoms with Crippen molar-refractivity contribution in [3.05, 3.63) is 55.1 Å². The summed E-state index contributed by atoms with van der Waals surface area (Å²) in [6.45, 7) is 1.83. The fraction of sp³-hybridized carbons (Fsp3) is 0.167. The SMILES string of the molecule is CC[P+](=O)Oc1ccccc1.c1cncnc1. The second-order valence-corrected chi connectivity index (χ2v) is 4.44. The molecule has 0 aliphatic carbocycles. The minimum Gasteiger partial charge on any atom is -0.254 e. The molecule has 5 heteroatoms. The van der Waals surface area contributed by atoms with Crippen molar-refractivity contribution in [1.82, 2.24) is 9.97 Å². The molecule has 0 radical (unpaired) electrons. The van der Waals surface area contributed by atoms with Crippen molar-refractivity contribution in [2.75, 3.05) is 6.16 Å². The molecule has 2 aromatic rings. The molecule has 1 unspecified atom stereocenters. The Balaban J connectivity index is 0.000000202. The summed E-state index contributed by atoms with van der Waals surface area (Å²) in [6, 6.07) is 11.0. The summed E-state index contributed by atoms with van der Waals surface area (Å²) in [4.78, 5) is 7.35. The highest BCUT2D eigenvalue weighted by atomic mass is 31.1. The maximum Gasteiger partial charge on any atom is 0.555 e. The van der Waals surface area contributed by atoms with Crippen LogP contribution in [0.5, 0.6) is 5.75 Å². The number of nitrogens with zero attached hydrogens (tertiary/aromatic N) is 2. The molecule has 0 amide bonds. The molecular weight excluding hydrogens is 235 g/mol. The zero-order valence-corrected chi connectivity index (χ0v) is 10.5. The smallest absolute Gasteiger partial charge is 0.254 e. The van der Waals surface area contributed by atoms with Gasteiger partial charge in [-0.25, -0.2) is 9.97 Å². The number of hydrogen-bond donors (Lipinski definition) is 0. The third kappa shape index (κ3) is 6.38. The van der Waals surface area contributed by atoms with E-state index in [1.54, 1.807) is 30.6 Å². The van der Waals surface area contributed by atoms with Crippen LogP contribution in [0, 0.1) is 0 Å². The van der Waals surface area contributed by atoms with Gasteiger partial charge in [-0.1, -0.05) is 18.2 Å². The van der Waals surface area contributed by atoms with Crippen LogP contribution in [0.4, 0.5) is 0 Å². The summed E-state index contributed by atoms with van der Waals surface area (Å²) in [7, 11) is -1.50. The minimum absolute atomic E-state index is 0.560. The fourth-order valence-corrected chi connectivity index (χ4v) is 1.40. The highest BCUT2D eigenvalue weighted by molar-refractivity contribution is 7.39. The van der Waals surface area contributed by atoms with Crippen LogP contribution < -0.4 is 4.52 Å². The monoisotopic (exact) mass is 249 g/mol. The van der Waals surface area contributed by atoms with Crippen molar-refractivity contribution in [1.29, 1.82) is 0 Å².